The molecule has 1 heterocycles. The Balaban J connectivity index is 2.08. The van der Waals surface area contributed by atoms with Crippen LogP contribution in [0.25, 0.3) is 10.9 Å². The minimum absolute atomic E-state index is 0.132. The minimum Gasteiger partial charge on any atom is -0.480 e. The van der Waals surface area contributed by atoms with Gasteiger partial charge in [0.1, 0.15) is 24.2 Å². The van der Waals surface area contributed by atoms with Crippen LogP contribution in [0.4, 0.5) is 0 Å². The number of aliphatic carboxylic acids is 1. The third-order valence-electron chi connectivity index (χ3n) is 8.49. The fourth-order valence-corrected chi connectivity index (χ4v) is 5.20. The molecule has 16 N–H and O–H groups in total. The number of aliphatic hydroxyl groups is 4. The summed E-state index contributed by atoms with van der Waals surface area (Å²) in [6, 6.07) is -0.574. The number of benzene rings is 1. The van der Waals surface area contributed by atoms with Crippen molar-refractivity contribution < 1.29 is 68.7 Å². The Kier molecular flexibility index (Phi) is 19.3. The predicted molar refractivity (Wildman–Crippen MR) is 204 cm³/mol. The lowest BCUT2D eigenvalue weighted by atomic mass is 10.0. The SMILES string of the molecule is C[C@@H](O)[C@H](N)C(=O)NCC(=O)N[C@H](C(=O)NCC(=O)N[C@@H](Cc1c[nH]c2ccccc12)C(=O)NCC(=O)N[C@H](C(=O)NCC(=O)N[C@H](C(=O)O)[C@@H](C)O)[C@@H](C)O)[C@@H](C)O. The van der Waals surface area contributed by atoms with Crippen molar-refractivity contribution in [1.29, 1.82) is 0 Å². The molecule has 0 spiro atoms. The number of carbonyl (C=O) groups excluding carboxylic acids is 8. The molecule has 0 saturated carbocycles. The molecular formula is C35H52N10O14. The first-order valence-corrected chi connectivity index (χ1v) is 18.2. The van der Waals surface area contributed by atoms with Crippen LogP contribution in [0.2, 0.25) is 0 Å². The van der Waals surface area contributed by atoms with Gasteiger partial charge in [0.15, 0.2) is 6.04 Å². The van der Waals surface area contributed by atoms with E-state index < -0.39 is 134 Å². The van der Waals surface area contributed by atoms with Crippen LogP contribution in [0, 0.1) is 0 Å². The molecule has 2 rings (SSSR count). The molecule has 0 saturated heterocycles. The number of nitrogens with two attached hydrogens (primary N) is 1. The zero-order valence-electron chi connectivity index (χ0n) is 32.6. The number of para-hydroxylation sites is 1. The zero-order chi connectivity index (χ0) is 44.6. The van der Waals surface area contributed by atoms with E-state index in [0.29, 0.717) is 16.5 Å². The number of carboxylic acids is 1. The van der Waals surface area contributed by atoms with E-state index in [9.17, 15) is 63.6 Å². The van der Waals surface area contributed by atoms with Gasteiger partial charge < -0.3 is 78.8 Å². The first-order valence-electron chi connectivity index (χ1n) is 18.2. The van der Waals surface area contributed by atoms with E-state index in [2.05, 4.69) is 42.2 Å². The summed E-state index contributed by atoms with van der Waals surface area (Å²) in [6.07, 6.45) is -4.20. The number of fused-ring (bicyclic) bond motifs is 1. The molecular weight excluding hydrogens is 784 g/mol. The predicted octanol–water partition coefficient (Wildman–Crippen LogP) is -6.95. The highest BCUT2D eigenvalue weighted by molar-refractivity contribution is 5.96. The summed E-state index contributed by atoms with van der Waals surface area (Å²) in [7, 11) is 0. The summed E-state index contributed by atoms with van der Waals surface area (Å²) in [5, 5.41) is 66.8. The molecule has 326 valence electrons. The Morgan fingerprint density at radius 1 is 0.576 bits per heavy atom. The molecule has 0 aliphatic rings. The highest BCUT2D eigenvalue weighted by Gasteiger charge is 2.31. The second-order valence-corrected chi connectivity index (χ2v) is 13.5. The van der Waals surface area contributed by atoms with Gasteiger partial charge in [-0.25, -0.2) is 4.79 Å². The quantitative estimate of drug-likeness (QED) is 0.0495. The molecule has 9 atom stereocenters. The van der Waals surface area contributed by atoms with Crippen LogP contribution in [-0.2, 0) is 49.6 Å². The average Bonchev–Trinajstić information content (AvgIpc) is 3.58. The lowest BCUT2D eigenvalue weighted by Crippen LogP contribution is -2.58. The number of aromatic amines is 1. The van der Waals surface area contributed by atoms with Crippen LogP contribution in [0.3, 0.4) is 0 Å². The molecule has 1 aromatic carbocycles. The fourth-order valence-electron chi connectivity index (χ4n) is 5.20. The molecule has 59 heavy (non-hydrogen) atoms. The molecule has 2 aromatic rings. The number of nitrogens with one attached hydrogen (secondary N) is 9. The number of H-pyrrole nitrogens is 1. The summed E-state index contributed by atoms with van der Waals surface area (Å²) >= 11 is 0. The van der Waals surface area contributed by atoms with Crippen molar-refractivity contribution in [3.05, 3.63) is 36.0 Å². The van der Waals surface area contributed by atoms with Gasteiger partial charge in [0.05, 0.1) is 50.6 Å². The van der Waals surface area contributed by atoms with Crippen LogP contribution in [0.15, 0.2) is 30.5 Å². The lowest BCUT2D eigenvalue weighted by molar-refractivity contribution is -0.144. The maximum Gasteiger partial charge on any atom is 0.328 e. The number of aromatic nitrogens is 1. The number of hydrogen-bond donors (Lipinski definition) is 15. The van der Waals surface area contributed by atoms with Crippen molar-refractivity contribution >= 4 is 64.1 Å². The molecule has 0 radical (unpaired) electrons. The van der Waals surface area contributed by atoms with Crippen LogP contribution in [0.5, 0.6) is 0 Å². The Hall–Kier alpha value is -6.21. The Morgan fingerprint density at radius 3 is 1.42 bits per heavy atom. The summed E-state index contributed by atoms with van der Waals surface area (Å²) < 4.78 is 0. The smallest absolute Gasteiger partial charge is 0.328 e. The van der Waals surface area contributed by atoms with Gasteiger partial charge in [-0.1, -0.05) is 18.2 Å². The average molecular weight is 837 g/mol. The molecule has 0 fully saturated rings. The second-order valence-electron chi connectivity index (χ2n) is 13.5. The van der Waals surface area contributed by atoms with Crippen molar-refractivity contribution in [2.24, 2.45) is 5.73 Å². The zero-order valence-corrected chi connectivity index (χ0v) is 32.6. The van der Waals surface area contributed by atoms with Crippen molar-refractivity contribution in [3.8, 4) is 0 Å². The first-order chi connectivity index (χ1) is 27.6. The third kappa shape index (κ3) is 15.9. The van der Waals surface area contributed by atoms with Crippen LogP contribution in [-0.4, -0.2) is 165 Å². The number of rotatable bonds is 23. The van der Waals surface area contributed by atoms with E-state index >= 15 is 0 Å². The summed E-state index contributed by atoms with van der Waals surface area (Å²) in [6.45, 7) is 1.75. The number of carboxylic acid groups (broad SMARTS) is 1. The van der Waals surface area contributed by atoms with E-state index in [0.717, 1.165) is 13.8 Å². The van der Waals surface area contributed by atoms with Crippen LogP contribution >= 0.6 is 0 Å². The molecule has 0 unspecified atom stereocenters. The summed E-state index contributed by atoms with van der Waals surface area (Å²) in [4.78, 5) is 116. The Morgan fingerprint density at radius 2 is 0.983 bits per heavy atom. The molecule has 24 heteroatoms. The van der Waals surface area contributed by atoms with E-state index in [-0.39, 0.29) is 6.42 Å². The van der Waals surface area contributed by atoms with Crippen LogP contribution < -0.4 is 48.3 Å². The Labute approximate surface area is 336 Å². The maximum absolute atomic E-state index is 13.4. The number of hydrogen-bond acceptors (Lipinski definition) is 14. The van der Waals surface area contributed by atoms with E-state index in [1.165, 1.54) is 13.8 Å². The van der Waals surface area contributed by atoms with Crippen LogP contribution in [0.1, 0.15) is 33.3 Å². The normalized spacial score (nSPS) is 15.6. The molecule has 0 aliphatic carbocycles. The van der Waals surface area contributed by atoms with E-state index in [1.54, 1.807) is 30.5 Å². The van der Waals surface area contributed by atoms with Gasteiger partial charge in [0.2, 0.25) is 47.3 Å². The molecule has 1 aromatic heterocycles. The highest BCUT2D eigenvalue weighted by atomic mass is 16.4. The van der Waals surface area contributed by atoms with Gasteiger partial charge in [-0.2, -0.15) is 0 Å². The topological polar surface area (TPSA) is 393 Å². The molecule has 0 bridgehead atoms. The van der Waals surface area contributed by atoms with Crippen molar-refractivity contribution in [3.63, 3.8) is 0 Å². The van der Waals surface area contributed by atoms with Crippen molar-refractivity contribution in [2.45, 2.75) is 88.7 Å². The number of aliphatic hydroxyl groups excluding tert-OH is 4. The van der Waals surface area contributed by atoms with Gasteiger partial charge >= 0.3 is 5.97 Å². The largest absolute Gasteiger partial charge is 0.480 e. The van der Waals surface area contributed by atoms with Gasteiger partial charge in [0, 0.05) is 23.5 Å². The molecule has 8 amide bonds. The molecule has 0 aliphatic heterocycles. The minimum atomic E-state index is -1.67. The van der Waals surface area contributed by atoms with Gasteiger partial charge in [-0.15, -0.1) is 0 Å². The molecule has 24 nitrogen and oxygen atoms in total. The second kappa shape index (κ2) is 23.3. The third-order valence-corrected chi connectivity index (χ3v) is 8.49. The summed E-state index contributed by atoms with van der Waals surface area (Å²) in [5.41, 5.74) is 6.79. The number of carbonyl (C=O) groups is 9. The van der Waals surface area contributed by atoms with Gasteiger partial charge in [-0.05, 0) is 39.3 Å². The standard InChI is InChI=1S/C35H52N10O14/c1-15(46)27(36)32(55)39-13-25(52)44-28(16(2)47)33(56)40-11-23(50)42-22(9-19-10-37-21-8-6-5-7-20(19)21)31(54)38-12-24(51)43-29(17(3)48)34(57)41-14-26(53)45-30(18(4)49)35(58)59/h5-8,10,15-18,22,27-30,37,46-49H,9,11-14,36H2,1-4H3,(H,38,54)(H,39,55)(H,40,56)(H,41,57)(H,42,50)(H,43,51)(H,44,52)(H,45,53)(H,58,59)/t15-,16-,17-,18-,22+,27+,28+,29+,30+/m1/s1. The summed E-state index contributed by atoms with van der Waals surface area (Å²) in [5.74, 6) is -9.12. The highest BCUT2D eigenvalue weighted by Crippen LogP contribution is 2.19. The first kappa shape index (κ1) is 48.9. The Bertz CT molecular complexity index is 1830. The fraction of sp³-hybridized carbons (Fsp3) is 0.514. The van der Waals surface area contributed by atoms with E-state index in [1.807, 2.05) is 5.32 Å². The van der Waals surface area contributed by atoms with Crippen molar-refractivity contribution in [1.82, 2.24) is 47.5 Å². The lowest BCUT2D eigenvalue weighted by Gasteiger charge is -2.23. The monoisotopic (exact) mass is 836 g/mol. The van der Waals surface area contributed by atoms with E-state index in [4.69, 9.17) is 10.8 Å². The maximum atomic E-state index is 13.4. The van der Waals surface area contributed by atoms with Crippen molar-refractivity contribution in [2.75, 3.05) is 26.2 Å². The number of amides is 8. The van der Waals surface area contributed by atoms with Gasteiger partial charge in [-0.3, -0.25) is 38.4 Å². The van der Waals surface area contributed by atoms with Gasteiger partial charge in [0.25, 0.3) is 0 Å².